The summed E-state index contributed by atoms with van der Waals surface area (Å²) in [5.41, 5.74) is 1.19. The van der Waals surface area contributed by atoms with Gasteiger partial charge in [-0.2, -0.15) is 0 Å². The molecule has 20 heavy (non-hydrogen) atoms. The van der Waals surface area contributed by atoms with Crippen LogP contribution >= 0.6 is 0 Å². The van der Waals surface area contributed by atoms with Crippen molar-refractivity contribution in [1.82, 2.24) is 10.3 Å². The molecule has 1 aromatic heterocycles. The van der Waals surface area contributed by atoms with E-state index in [1.807, 2.05) is 0 Å². The van der Waals surface area contributed by atoms with Crippen LogP contribution in [0.2, 0.25) is 0 Å². The molecule has 1 amide bonds. The van der Waals surface area contributed by atoms with Crippen molar-refractivity contribution in [3.8, 4) is 0 Å². The van der Waals surface area contributed by atoms with Gasteiger partial charge in [-0.1, -0.05) is 0 Å². The highest BCUT2D eigenvalue weighted by molar-refractivity contribution is 5.95. The molecule has 4 unspecified atom stereocenters. The number of aliphatic carboxylic acids is 1. The number of aromatic nitrogens is 1. The van der Waals surface area contributed by atoms with Gasteiger partial charge in [0.2, 0.25) is 0 Å². The van der Waals surface area contributed by atoms with E-state index in [2.05, 4.69) is 10.3 Å². The van der Waals surface area contributed by atoms with Gasteiger partial charge in [0.05, 0.1) is 11.5 Å². The Kier molecular flexibility index (Phi) is 3.20. The number of carbonyl (C=O) groups excluding carboxylic acids is 1. The average molecular weight is 274 g/mol. The predicted octanol–water partition coefficient (Wildman–Crippen LogP) is 1.62. The number of pyridine rings is 1. The van der Waals surface area contributed by atoms with Crippen molar-refractivity contribution in [3.63, 3.8) is 0 Å². The number of nitrogens with zero attached hydrogens (tertiary/aromatic N) is 1. The molecular weight excluding hydrogens is 256 g/mol. The molecule has 2 aliphatic carbocycles. The third-order valence-corrected chi connectivity index (χ3v) is 4.75. The van der Waals surface area contributed by atoms with E-state index in [9.17, 15) is 14.7 Å². The Bertz CT molecular complexity index is 558. The second-order valence-corrected chi connectivity index (χ2v) is 5.83. The minimum absolute atomic E-state index is 0.209. The summed E-state index contributed by atoms with van der Waals surface area (Å²) < 4.78 is 0. The first-order chi connectivity index (χ1) is 9.58. The lowest BCUT2D eigenvalue weighted by Crippen LogP contribution is -2.47. The predicted molar refractivity (Wildman–Crippen MR) is 72.2 cm³/mol. The SMILES string of the molecule is Cc1ncccc1C(=O)NC1C2CCC(C2)C1C(=O)O. The summed E-state index contributed by atoms with van der Waals surface area (Å²) in [4.78, 5) is 27.8. The van der Waals surface area contributed by atoms with Crippen molar-refractivity contribution in [1.29, 1.82) is 0 Å². The summed E-state index contributed by atoms with van der Waals surface area (Å²) in [6.45, 7) is 1.78. The third-order valence-electron chi connectivity index (χ3n) is 4.75. The van der Waals surface area contributed by atoms with Gasteiger partial charge < -0.3 is 10.4 Å². The highest BCUT2D eigenvalue weighted by Crippen LogP contribution is 2.48. The van der Waals surface area contributed by atoms with Gasteiger partial charge in [-0.05, 0) is 50.2 Å². The summed E-state index contributed by atoms with van der Waals surface area (Å²) >= 11 is 0. The van der Waals surface area contributed by atoms with Crippen LogP contribution in [0.4, 0.5) is 0 Å². The summed E-state index contributed by atoms with van der Waals surface area (Å²) in [7, 11) is 0. The molecule has 2 fully saturated rings. The molecule has 106 valence electrons. The van der Waals surface area contributed by atoms with Crippen molar-refractivity contribution < 1.29 is 14.7 Å². The van der Waals surface area contributed by atoms with E-state index in [1.165, 1.54) is 0 Å². The van der Waals surface area contributed by atoms with E-state index in [0.29, 0.717) is 17.2 Å². The summed E-state index contributed by atoms with van der Waals surface area (Å²) in [6, 6.07) is 3.20. The molecule has 0 aliphatic heterocycles. The fourth-order valence-corrected chi connectivity index (χ4v) is 3.81. The van der Waals surface area contributed by atoms with E-state index in [4.69, 9.17) is 0 Å². The van der Waals surface area contributed by atoms with E-state index < -0.39 is 11.9 Å². The lowest BCUT2D eigenvalue weighted by atomic mass is 9.84. The van der Waals surface area contributed by atoms with E-state index in [1.54, 1.807) is 25.3 Å². The van der Waals surface area contributed by atoms with Crippen LogP contribution in [0.5, 0.6) is 0 Å². The highest BCUT2D eigenvalue weighted by Gasteiger charge is 2.51. The van der Waals surface area contributed by atoms with Gasteiger partial charge in [0, 0.05) is 17.9 Å². The number of fused-ring (bicyclic) bond motifs is 2. The van der Waals surface area contributed by atoms with Gasteiger partial charge in [-0.25, -0.2) is 0 Å². The zero-order valence-corrected chi connectivity index (χ0v) is 11.4. The average Bonchev–Trinajstić information content (AvgIpc) is 2.99. The third kappa shape index (κ3) is 2.07. The molecule has 0 radical (unpaired) electrons. The molecule has 0 spiro atoms. The minimum Gasteiger partial charge on any atom is -0.481 e. The number of carboxylic acid groups (broad SMARTS) is 1. The van der Waals surface area contributed by atoms with Crippen LogP contribution in [0.15, 0.2) is 18.3 Å². The molecule has 5 nitrogen and oxygen atoms in total. The Labute approximate surface area is 117 Å². The smallest absolute Gasteiger partial charge is 0.308 e. The zero-order chi connectivity index (χ0) is 14.3. The summed E-state index contributed by atoms with van der Waals surface area (Å²) in [6.07, 6.45) is 4.56. The molecule has 1 aromatic rings. The van der Waals surface area contributed by atoms with Gasteiger partial charge >= 0.3 is 5.97 Å². The fraction of sp³-hybridized carbons (Fsp3) is 0.533. The first kappa shape index (κ1) is 13.1. The Morgan fingerprint density at radius 3 is 2.80 bits per heavy atom. The Morgan fingerprint density at radius 1 is 1.35 bits per heavy atom. The van der Waals surface area contributed by atoms with E-state index in [0.717, 1.165) is 19.3 Å². The number of nitrogens with one attached hydrogen (secondary N) is 1. The maximum atomic E-state index is 12.3. The maximum Gasteiger partial charge on any atom is 0.308 e. The number of aryl methyl sites for hydroxylation is 1. The van der Waals surface area contributed by atoms with Crippen molar-refractivity contribution in [2.45, 2.75) is 32.2 Å². The van der Waals surface area contributed by atoms with Crippen molar-refractivity contribution >= 4 is 11.9 Å². The van der Waals surface area contributed by atoms with Crippen LogP contribution in [0.3, 0.4) is 0 Å². The lowest BCUT2D eigenvalue weighted by Gasteiger charge is -2.29. The Balaban J connectivity index is 1.79. The van der Waals surface area contributed by atoms with Crippen LogP contribution in [-0.2, 0) is 4.79 Å². The number of amides is 1. The molecule has 2 N–H and O–H groups in total. The second kappa shape index (κ2) is 4.89. The van der Waals surface area contributed by atoms with Crippen LogP contribution in [0, 0.1) is 24.7 Å². The zero-order valence-electron chi connectivity index (χ0n) is 11.4. The monoisotopic (exact) mass is 274 g/mol. The van der Waals surface area contributed by atoms with Gasteiger partial charge in [0.25, 0.3) is 5.91 Å². The molecule has 2 bridgehead atoms. The number of hydrogen-bond acceptors (Lipinski definition) is 3. The van der Waals surface area contributed by atoms with Crippen molar-refractivity contribution in [3.05, 3.63) is 29.6 Å². The van der Waals surface area contributed by atoms with Gasteiger partial charge in [0.1, 0.15) is 0 Å². The number of rotatable bonds is 3. The van der Waals surface area contributed by atoms with Crippen LogP contribution in [-0.4, -0.2) is 28.0 Å². The minimum atomic E-state index is -0.787. The standard InChI is InChI=1S/C15H18N2O3/c1-8-11(3-2-6-16-8)14(18)17-13-10-5-4-9(7-10)12(13)15(19)20/h2-3,6,9-10,12-13H,4-5,7H2,1H3,(H,17,18)(H,19,20). The van der Waals surface area contributed by atoms with Crippen molar-refractivity contribution in [2.24, 2.45) is 17.8 Å². The molecule has 1 heterocycles. The molecule has 0 saturated heterocycles. The molecule has 2 aliphatic rings. The number of carbonyl (C=O) groups is 2. The quantitative estimate of drug-likeness (QED) is 0.877. The molecule has 2 saturated carbocycles. The molecule has 4 atom stereocenters. The van der Waals surface area contributed by atoms with Crippen LogP contribution < -0.4 is 5.32 Å². The van der Waals surface area contributed by atoms with Crippen LogP contribution in [0.1, 0.15) is 35.3 Å². The lowest BCUT2D eigenvalue weighted by molar-refractivity contribution is -0.144. The highest BCUT2D eigenvalue weighted by atomic mass is 16.4. The summed E-state index contributed by atoms with van der Waals surface area (Å²) in [5.74, 6) is -0.903. The fourth-order valence-electron chi connectivity index (χ4n) is 3.81. The normalized spacial score (nSPS) is 31.2. The van der Waals surface area contributed by atoms with Gasteiger partial charge in [-0.15, -0.1) is 0 Å². The molecule has 3 rings (SSSR count). The number of carboxylic acids is 1. The molecule has 5 heteroatoms. The van der Waals surface area contributed by atoms with E-state index in [-0.39, 0.29) is 17.9 Å². The number of hydrogen-bond donors (Lipinski definition) is 2. The molecule has 0 aromatic carbocycles. The first-order valence-electron chi connectivity index (χ1n) is 7.03. The van der Waals surface area contributed by atoms with Gasteiger partial charge in [-0.3, -0.25) is 14.6 Å². The van der Waals surface area contributed by atoms with Crippen molar-refractivity contribution in [2.75, 3.05) is 0 Å². The largest absolute Gasteiger partial charge is 0.481 e. The Morgan fingerprint density at radius 2 is 2.10 bits per heavy atom. The Hall–Kier alpha value is -1.91. The second-order valence-electron chi connectivity index (χ2n) is 5.83. The maximum absolute atomic E-state index is 12.3. The van der Waals surface area contributed by atoms with E-state index >= 15 is 0 Å². The molecular formula is C15H18N2O3. The van der Waals surface area contributed by atoms with Gasteiger partial charge in [0.15, 0.2) is 0 Å². The topological polar surface area (TPSA) is 79.3 Å². The first-order valence-corrected chi connectivity index (χ1v) is 7.03. The van der Waals surface area contributed by atoms with Crippen LogP contribution in [0.25, 0.3) is 0 Å². The summed E-state index contributed by atoms with van der Waals surface area (Å²) in [5, 5.41) is 12.3.